The fraction of sp³-hybridized carbons (Fsp3) is 0.480. The van der Waals surface area contributed by atoms with Crippen LogP contribution in [0.3, 0.4) is 0 Å². The van der Waals surface area contributed by atoms with Crippen LogP contribution < -0.4 is 9.47 Å². The van der Waals surface area contributed by atoms with E-state index in [1.54, 1.807) is 18.9 Å². The summed E-state index contributed by atoms with van der Waals surface area (Å²) in [6.07, 6.45) is 4.10. The van der Waals surface area contributed by atoms with Gasteiger partial charge in [0.2, 0.25) is 11.8 Å². The van der Waals surface area contributed by atoms with Gasteiger partial charge in [-0.2, -0.15) is 0 Å². The molecule has 2 aromatic heterocycles. The smallest absolute Gasteiger partial charge is 0.242 e. The molecule has 1 aliphatic heterocycles. The minimum atomic E-state index is 0.215. The third-order valence-corrected chi connectivity index (χ3v) is 6.61. The minimum Gasteiger partial charge on any atom is -0.497 e. The average molecular weight is 437 g/mol. The van der Waals surface area contributed by atoms with Crippen molar-refractivity contribution in [1.82, 2.24) is 19.7 Å². The number of likely N-dealkylation sites (tertiary alicyclic amines) is 1. The zero-order chi connectivity index (χ0) is 22.8. The molecule has 4 rings (SSSR count). The second-order valence-electron chi connectivity index (χ2n) is 8.57. The molecule has 0 spiro atoms. The molecular formula is C25H32N4O3. The number of amides is 1. The van der Waals surface area contributed by atoms with Gasteiger partial charge in [-0.1, -0.05) is 12.1 Å². The molecule has 3 heterocycles. The summed E-state index contributed by atoms with van der Waals surface area (Å²) in [6.45, 7) is 4.91. The molecule has 1 aromatic carbocycles. The summed E-state index contributed by atoms with van der Waals surface area (Å²) in [6, 6.07) is 8.38. The Kier molecular flexibility index (Phi) is 6.35. The van der Waals surface area contributed by atoms with Gasteiger partial charge in [-0.3, -0.25) is 4.79 Å². The van der Waals surface area contributed by atoms with E-state index in [2.05, 4.69) is 29.1 Å². The predicted octanol–water partition coefficient (Wildman–Crippen LogP) is 3.77. The molecule has 3 aromatic rings. The van der Waals surface area contributed by atoms with E-state index >= 15 is 0 Å². The number of fused-ring (bicyclic) bond motifs is 1. The number of aryl methyl sites for hydroxylation is 3. The molecule has 1 aliphatic rings. The highest BCUT2D eigenvalue weighted by Crippen LogP contribution is 2.31. The van der Waals surface area contributed by atoms with E-state index in [0.717, 1.165) is 59.4 Å². The Morgan fingerprint density at radius 1 is 1.22 bits per heavy atom. The van der Waals surface area contributed by atoms with Crippen LogP contribution in [0.1, 0.15) is 41.6 Å². The van der Waals surface area contributed by atoms with E-state index in [1.807, 2.05) is 26.1 Å². The van der Waals surface area contributed by atoms with Crippen LogP contribution in [0.2, 0.25) is 0 Å². The standard InChI is InChI=1S/C25H32N4O3/c1-16-21(17(2)26-24-23(16)25(32-5)27-28(24)3)11-12-22(30)29-13-7-9-19(29)14-18-8-6-10-20(15-18)31-4/h6,8,10,15,19H,7,9,11-14H2,1-5H3. The number of carbonyl (C=O) groups excluding carboxylic acids is 1. The van der Waals surface area contributed by atoms with Crippen molar-refractivity contribution in [2.24, 2.45) is 7.05 Å². The number of benzene rings is 1. The maximum atomic E-state index is 13.2. The van der Waals surface area contributed by atoms with Gasteiger partial charge in [0, 0.05) is 31.7 Å². The number of hydrogen-bond donors (Lipinski definition) is 0. The average Bonchev–Trinajstić information content (AvgIpc) is 3.37. The van der Waals surface area contributed by atoms with Gasteiger partial charge in [-0.05, 0) is 68.4 Å². The van der Waals surface area contributed by atoms with E-state index in [1.165, 1.54) is 5.56 Å². The highest BCUT2D eigenvalue weighted by molar-refractivity contribution is 5.86. The maximum Gasteiger partial charge on any atom is 0.242 e. The summed E-state index contributed by atoms with van der Waals surface area (Å²) in [5.74, 6) is 1.66. The highest BCUT2D eigenvalue weighted by atomic mass is 16.5. The third-order valence-electron chi connectivity index (χ3n) is 6.61. The Labute approximate surface area is 189 Å². The fourth-order valence-corrected chi connectivity index (χ4v) is 4.93. The molecule has 0 N–H and O–H groups in total. The second-order valence-corrected chi connectivity index (χ2v) is 8.57. The second kappa shape index (κ2) is 9.18. The van der Waals surface area contributed by atoms with Crippen LogP contribution in [0.25, 0.3) is 11.0 Å². The Bertz CT molecular complexity index is 1140. The van der Waals surface area contributed by atoms with Gasteiger partial charge in [-0.25, -0.2) is 9.67 Å². The number of hydrogen-bond acceptors (Lipinski definition) is 5. The quantitative estimate of drug-likeness (QED) is 0.564. The maximum absolute atomic E-state index is 13.2. The van der Waals surface area contributed by atoms with Crippen molar-refractivity contribution in [2.75, 3.05) is 20.8 Å². The number of aromatic nitrogens is 3. The molecule has 0 bridgehead atoms. The fourth-order valence-electron chi connectivity index (χ4n) is 4.93. The van der Waals surface area contributed by atoms with Crippen molar-refractivity contribution in [1.29, 1.82) is 0 Å². The molecular weight excluding hydrogens is 404 g/mol. The van der Waals surface area contributed by atoms with E-state index in [-0.39, 0.29) is 11.9 Å². The number of carbonyl (C=O) groups is 1. The van der Waals surface area contributed by atoms with Gasteiger partial charge in [0.15, 0.2) is 5.65 Å². The van der Waals surface area contributed by atoms with Crippen molar-refractivity contribution in [3.8, 4) is 11.6 Å². The van der Waals surface area contributed by atoms with Crippen molar-refractivity contribution < 1.29 is 14.3 Å². The van der Waals surface area contributed by atoms with Crippen LogP contribution in [0, 0.1) is 13.8 Å². The third kappa shape index (κ3) is 4.16. The molecule has 1 saturated heterocycles. The minimum absolute atomic E-state index is 0.215. The molecule has 0 radical (unpaired) electrons. The van der Waals surface area contributed by atoms with Gasteiger partial charge in [0.05, 0.1) is 19.6 Å². The van der Waals surface area contributed by atoms with Gasteiger partial charge in [-0.15, -0.1) is 5.10 Å². The summed E-state index contributed by atoms with van der Waals surface area (Å²) in [5.41, 5.74) is 5.17. The highest BCUT2D eigenvalue weighted by Gasteiger charge is 2.29. The monoisotopic (exact) mass is 436 g/mol. The Hall–Kier alpha value is -3.09. The summed E-state index contributed by atoms with van der Waals surface area (Å²) < 4.78 is 12.6. The van der Waals surface area contributed by atoms with E-state index in [4.69, 9.17) is 14.5 Å². The normalized spacial score (nSPS) is 16.0. The van der Waals surface area contributed by atoms with Gasteiger partial charge in [0.1, 0.15) is 5.75 Å². The SMILES string of the molecule is COc1cccc(CC2CCCN2C(=O)CCc2c(C)nc3c(c(OC)nn3C)c2C)c1. The van der Waals surface area contributed by atoms with Crippen LogP contribution >= 0.6 is 0 Å². The zero-order valence-electron chi connectivity index (χ0n) is 19.6. The van der Waals surface area contributed by atoms with Crippen molar-refractivity contribution in [3.05, 3.63) is 46.6 Å². The molecule has 7 nitrogen and oxygen atoms in total. The Balaban J connectivity index is 1.48. The lowest BCUT2D eigenvalue weighted by molar-refractivity contribution is -0.131. The number of ether oxygens (including phenoxy) is 2. The van der Waals surface area contributed by atoms with Crippen LogP contribution in [0.4, 0.5) is 0 Å². The molecule has 7 heteroatoms. The molecule has 1 atom stereocenters. The number of rotatable bonds is 7. The molecule has 1 amide bonds. The summed E-state index contributed by atoms with van der Waals surface area (Å²) in [5, 5.41) is 5.35. The Morgan fingerprint density at radius 2 is 2.03 bits per heavy atom. The summed E-state index contributed by atoms with van der Waals surface area (Å²) >= 11 is 0. The topological polar surface area (TPSA) is 69.5 Å². The number of nitrogens with zero attached hydrogens (tertiary/aromatic N) is 4. The first-order chi connectivity index (χ1) is 15.4. The van der Waals surface area contributed by atoms with Crippen LogP contribution in [-0.2, 0) is 24.7 Å². The van der Waals surface area contributed by atoms with Gasteiger partial charge in [0.25, 0.3) is 0 Å². The van der Waals surface area contributed by atoms with E-state index in [0.29, 0.717) is 18.7 Å². The largest absolute Gasteiger partial charge is 0.497 e. The zero-order valence-corrected chi connectivity index (χ0v) is 19.6. The first-order valence-corrected chi connectivity index (χ1v) is 11.2. The van der Waals surface area contributed by atoms with Crippen LogP contribution in [0.5, 0.6) is 11.6 Å². The summed E-state index contributed by atoms with van der Waals surface area (Å²) in [7, 11) is 5.18. The van der Waals surface area contributed by atoms with Gasteiger partial charge < -0.3 is 14.4 Å². The van der Waals surface area contributed by atoms with Crippen molar-refractivity contribution in [3.63, 3.8) is 0 Å². The molecule has 170 valence electrons. The van der Waals surface area contributed by atoms with Crippen molar-refractivity contribution >= 4 is 16.9 Å². The predicted molar refractivity (Wildman–Crippen MR) is 124 cm³/mol. The Morgan fingerprint density at radius 3 is 2.78 bits per heavy atom. The molecule has 1 fully saturated rings. The molecule has 0 aliphatic carbocycles. The first-order valence-electron chi connectivity index (χ1n) is 11.2. The molecule has 32 heavy (non-hydrogen) atoms. The summed E-state index contributed by atoms with van der Waals surface area (Å²) in [4.78, 5) is 20.0. The molecule has 0 saturated carbocycles. The first kappa shape index (κ1) is 22.1. The lowest BCUT2D eigenvalue weighted by Gasteiger charge is -2.25. The van der Waals surface area contributed by atoms with E-state index < -0.39 is 0 Å². The number of methoxy groups -OCH3 is 2. The van der Waals surface area contributed by atoms with Crippen LogP contribution in [-0.4, -0.2) is 52.4 Å². The van der Waals surface area contributed by atoms with Crippen molar-refractivity contribution in [2.45, 2.75) is 52.0 Å². The van der Waals surface area contributed by atoms with Crippen LogP contribution in [0.15, 0.2) is 24.3 Å². The molecule has 1 unspecified atom stereocenters. The lowest BCUT2D eigenvalue weighted by atomic mass is 9.99. The lowest BCUT2D eigenvalue weighted by Crippen LogP contribution is -2.37. The van der Waals surface area contributed by atoms with E-state index in [9.17, 15) is 4.79 Å². The van der Waals surface area contributed by atoms with Gasteiger partial charge >= 0.3 is 0 Å². The number of pyridine rings is 1.